The molecule has 0 fully saturated rings. The van der Waals surface area contributed by atoms with Crippen LogP contribution in [0.1, 0.15) is 35.2 Å². The maximum Gasteiger partial charge on any atom is 0.264 e. The van der Waals surface area contributed by atoms with E-state index < -0.39 is 23.7 Å². The van der Waals surface area contributed by atoms with Gasteiger partial charge in [0.05, 0.1) is 38.0 Å². The number of rotatable bonds is 8. The molecular weight excluding hydrogens is 372 g/mol. The Morgan fingerprint density at radius 2 is 1.97 bits per heavy atom. The summed E-state index contributed by atoms with van der Waals surface area (Å²) in [6, 6.07) is 13.7. The van der Waals surface area contributed by atoms with E-state index in [0.29, 0.717) is 42.1 Å². The number of para-hydroxylation sites is 1. The zero-order valence-corrected chi connectivity index (χ0v) is 16.3. The third kappa shape index (κ3) is 3.67. The number of benzene rings is 2. The quantitative estimate of drug-likeness (QED) is 0.546. The van der Waals surface area contributed by atoms with Crippen LogP contribution in [0.5, 0.6) is 11.5 Å². The summed E-state index contributed by atoms with van der Waals surface area (Å²) >= 11 is 0. The maximum absolute atomic E-state index is 13.1. The number of aliphatic hydroxyl groups is 1. The van der Waals surface area contributed by atoms with Crippen LogP contribution >= 0.6 is 0 Å². The Balaban J connectivity index is 1.93. The summed E-state index contributed by atoms with van der Waals surface area (Å²) in [4.78, 5) is 27.6. The summed E-state index contributed by atoms with van der Waals surface area (Å²) in [6.07, 6.45) is 0.361. The molecule has 29 heavy (non-hydrogen) atoms. The van der Waals surface area contributed by atoms with E-state index in [1.807, 2.05) is 6.07 Å². The van der Waals surface area contributed by atoms with Crippen LogP contribution in [-0.2, 0) is 10.4 Å². The normalized spacial score (nSPS) is 17.6. The van der Waals surface area contributed by atoms with Crippen LogP contribution in [-0.4, -0.2) is 37.6 Å². The molecule has 1 aliphatic rings. The minimum atomic E-state index is -1.97. The minimum Gasteiger partial charge on any atom is -0.497 e. The van der Waals surface area contributed by atoms with Crippen LogP contribution in [0.4, 0.5) is 5.69 Å². The maximum atomic E-state index is 13.1. The smallest absolute Gasteiger partial charge is 0.264 e. The average Bonchev–Trinajstić information content (AvgIpc) is 2.95. The van der Waals surface area contributed by atoms with E-state index in [0.717, 1.165) is 0 Å². The van der Waals surface area contributed by atoms with E-state index in [2.05, 4.69) is 0 Å². The summed E-state index contributed by atoms with van der Waals surface area (Å²) in [5.74, 6) is -0.142. The van der Waals surface area contributed by atoms with Gasteiger partial charge in [-0.3, -0.25) is 9.59 Å². The number of hydrogen-bond acceptors (Lipinski definition) is 6. The Bertz CT molecular complexity index is 981. The predicted octanol–water partition coefficient (Wildman–Crippen LogP) is 2.81. The number of unbranched alkanes of at least 4 members (excludes halogenated alkanes) is 1. The Kier molecular flexibility index (Phi) is 5.85. The Labute approximate surface area is 169 Å². The molecular formula is C22H22N2O5. The Hall–Kier alpha value is -3.37. The second-order valence-electron chi connectivity index (χ2n) is 6.76. The van der Waals surface area contributed by atoms with Gasteiger partial charge in [0.1, 0.15) is 11.5 Å². The lowest BCUT2D eigenvalue weighted by Crippen LogP contribution is -2.42. The highest BCUT2D eigenvalue weighted by Gasteiger charge is 2.50. The van der Waals surface area contributed by atoms with Crippen molar-refractivity contribution in [2.24, 2.45) is 0 Å². The molecule has 0 aliphatic carbocycles. The number of Topliss-reactive ketones (excluding diaryl/α,β-unsaturated/α-hetero) is 1. The summed E-state index contributed by atoms with van der Waals surface area (Å²) < 4.78 is 10.4. The van der Waals surface area contributed by atoms with Crippen molar-refractivity contribution >= 4 is 17.4 Å². The zero-order valence-electron chi connectivity index (χ0n) is 16.3. The second-order valence-corrected chi connectivity index (χ2v) is 6.76. The summed E-state index contributed by atoms with van der Waals surface area (Å²) in [6.45, 7) is 0.297. The number of methoxy groups -OCH3 is 2. The summed E-state index contributed by atoms with van der Waals surface area (Å²) in [7, 11) is 2.95. The first kappa shape index (κ1) is 20.4. The third-order valence-electron chi connectivity index (χ3n) is 5.04. The number of anilines is 1. The van der Waals surface area contributed by atoms with Gasteiger partial charge in [0, 0.05) is 24.6 Å². The van der Waals surface area contributed by atoms with Crippen LogP contribution in [0.15, 0.2) is 42.5 Å². The van der Waals surface area contributed by atoms with Gasteiger partial charge in [-0.25, -0.2) is 0 Å². The first-order chi connectivity index (χ1) is 14.0. The number of ketones is 1. The molecule has 7 heteroatoms. The highest BCUT2D eigenvalue weighted by atomic mass is 16.5. The van der Waals surface area contributed by atoms with Gasteiger partial charge in [-0.1, -0.05) is 18.2 Å². The number of carbonyl (C=O) groups is 2. The number of nitriles is 1. The van der Waals surface area contributed by atoms with Gasteiger partial charge in [0.2, 0.25) is 0 Å². The molecule has 1 aliphatic heterocycles. The fourth-order valence-electron chi connectivity index (χ4n) is 3.57. The van der Waals surface area contributed by atoms with E-state index in [1.54, 1.807) is 42.5 Å². The lowest BCUT2D eigenvalue weighted by atomic mass is 9.88. The standard InChI is InChI=1S/C22H22N2O5/c1-28-15-9-10-16(20(13-15)29-2)19(25)14-22(27)17-7-3-4-8-18(17)24(21(22)26)12-6-5-11-23/h3-4,7-10,13,27H,5-6,12,14H2,1-2H3. The van der Waals surface area contributed by atoms with Gasteiger partial charge >= 0.3 is 0 Å². The second kappa shape index (κ2) is 8.33. The highest BCUT2D eigenvalue weighted by Crippen LogP contribution is 2.43. The molecule has 0 bridgehead atoms. The zero-order chi connectivity index (χ0) is 21.0. The largest absolute Gasteiger partial charge is 0.497 e. The van der Waals surface area contributed by atoms with Crippen LogP contribution in [0, 0.1) is 11.3 Å². The average molecular weight is 394 g/mol. The van der Waals surface area contributed by atoms with E-state index in [4.69, 9.17) is 14.7 Å². The van der Waals surface area contributed by atoms with Crippen molar-refractivity contribution in [2.75, 3.05) is 25.7 Å². The summed E-state index contributed by atoms with van der Waals surface area (Å²) in [5, 5.41) is 20.1. The molecule has 1 N–H and O–H groups in total. The first-order valence-electron chi connectivity index (χ1n) is 9.22. The molecule has 150 valence electrons. The molecule has 3 rings (SSSR count). The third-order valence-corrected chi connectivity index (χ3v) is 5.04. The van der Waals surface area contributed by atoms with Gasteiger partial charge in [-0.2, -0.15) is 5.26 Å². The van der Waals surface area contributed by atoms with Crippen LogP contribution < -0.4 is 14.4 Å². The number of hydrogen-bond donors (Lipinski definition) is 1. The number of carbonyl (C=O) groups excluding carboxylic acids is 2. The van der Waals surface area contributed by atoms with Crippen molar-refractivity contribution in [2.45, 2.75) is 24.9 Å². The number of fused-ring (bicyclic) bond motifs is 1. The van der Waals surface area contributed by atoms with E-state index in [-0.39, 0.29) is 5.56 Å². The lowest BCUT2D eigenvalue weighted by molar-refractivity contribution is -0.135. The monoisotopic (exact) mass is 394 g/mol. The number of amides is 1. The summed E-state index contributed by atoms with van der Waals surface area (Å²) in [5.41, 5.74) is -0.754. The minimum absolute atomic E-state index is 0.259. The predicted molar refractivity (Wildman–Crippen MR) is 106 cm³/mol. The van der Waals surface area contributed by atoms with E-state index in [9.17, 15) is 14.7 Å². The molecule has 0 saturated carbocycles. The lowest BCUT2D eigenvalue weighted by Gasteiger charge is -2.23. The Morgan fingerprint density at radius 1 is 1.21 bits per heavy atom. The SMILES string of the molecule is COc1ccc(C(=O)CC2(O)C(=O)N(CCCC#N)c3ccccc32)c(OC)c1. The first-order valence-corrected chi connectivity index (χ1v) is 9.22. The molecule has 2 aromatic carbocycles. The molecule has 0 aromatic heterocycles. The molecule has 1 atom stereocenters. The topological polar surface area (TPSA) is 99.9 Å². The molecule has 1 heterocycles. The van der Waals surface area contributed by atoms with Gasteiger partial charge in [0.15, 0.2) is 11.4 Å². The molecule has 1 amide bonds. The molecule has 2 aromatic rings. The van der Waals surface area contributed by atoms with E-state index >= 15 is 0 Å². The molecule has 7 nitrogen and oxygen atoms in total. The van der Waals surface area contributed by atoms with Crippen molar-refractivity contribution in [3.63, 3.8) is 0 Å². The number of ether oxygens (including phenoxy) is 2. The van der Waals surface area contributed by atoms with Gasteiger partial charge in [-0.15, -0.1) is 0 Å². The molecule has 0 spiro atoms. The van der Waals surface area contributed by atoms with Crippen LogP contribution in [0.3, 0.4) is 0 Å². The Morgan fingerprint density at radius 3 is 2.66 bits per heavy atom. The van der Waals surface area contributed by atoms with Crippen molar-refractivity contribution in [3.8, 4) is 17.6 Å². The van der Waals surface area contributed by atoms with Crippen molar-refractivity contribution < 1.29 is 24.2 Å². The number of nitrogens with zero attached hydrogens (tertiary/aromatic N) is 2. The van der Waals surface area contributed by atoms with Crippen LogP contribution in [0.25, 0.3) is 0 Å². The molecule has 0 radical (unpaired) electrons. The fraction of sp³-hybridized carbons (Fsp3) is 0.318. The van der Waals surface area contributed by atoms with Gasteiger partial charge in [0.25, 0.3) is 5.91 Å². The van der Waals surface area contributed by atoms with Crippen LogP contribution in [0.2, 0.25) is 0 Å². The highest BCUT2D eigenvalue weighted by molar-refractivity contribution is 6.11. The van der Waals surface area contributed by atoms with Gasteiger partial charge < -0.3 is 19.5 Å². The molecule has 1 unspecified atom stereocenters. The van der Waals surface area contributed by atoms with Crippen molar-refractivity contribution in [1.29, 1.82) is 5.26 Å². The fourth-order valence-corrected chi connectivity index (χ4v) is 3.57. The van der Waals surface area contributed by atoms with Gasteiger partial charge in [-0.05, 0) is 24.6 Å². The molecule has 0 saturated heterocycles. The van der Waals surface area contributed by atoms with E-state index in [1.165, 1.54) is 19.1 Å². The van der Waals surface area contributed by atoms with Crippen molar-refractivity contribution in [3.05, 3.63) is 53.6 Å². The van der Waals surface area contributed by atoms with Crippen molar-refractivity contribution in [1.82, 2.24) is 0 Å².